The molecule has 1 aromatic heterocycles. The van der Waals surface area contributed by atoms with E-state index in [1.54, 1.807) is 0 Å². The smallest absolute Gasteiger partial charge is 0.218 e. The zero-order chi connectivity index (χ0) is 12.8. The van der Waals surface area contributed by atoms with E-state index in [0.29, 0.717) is 24.3 Å². The van der Waals surface area contributed by atoms with Gasteiger partial charge in [0.05, 0.1) is 6.61 Å². The van der Waals surface area contributed by atoms with Crippen LogP contribution in [0.1, 0.15) is 33.5 Å². The predicted octanol–water partition coefficient (Wildman–Crippen LogP) is 2.89. The van der Waals surface area contributed by atoms with Crippen LogP contribution in [-0.4, -0.2) is 23.1 Å². The molecule has 1 rings (SSSR count). The molecule has 1 heterocycles. The van der Waals surface area contributed by atoms with Gasteiger partial charge in [0.1, 0.15) is 11.6 Å². The van der Waals surface area contributed by atoms with E-state index < -0.39 is 0 Å². The first kappa shape index (κ1) is 13.7. The molecule has 1 unspecified atom stereocenters. The third kappa shape index (κ3) is 4.59. The van der Waals surface area contributed by atoms with Gasteiger partial charge in [-0.1, -0.05) is 20.8 Å². The Hall–Kier alpha value is -1.32. The number of nitrogens with zero attached hydrogens (tertiary/aromatic N) is 2. The van der Waals surface area contributed by atoms with E-state index in [1.807, 2.05) is 19.9 Å². The molecule has 1 atom stereocenters. The molecule has 0 saturated heterocycles. The molecule has 0 aliphatic rings. The number of aryl methyl sites for hydroxylation is 1. The molecule has 0 saturated carbocycles. The topological polar surface area (TPSA) is 47.0 Å². The number of ether oxygens (including phenoxy) is 1. The molecule has 1 aromatic rings. The van der Waals surface area contributed by atoms with Crippen LogP contribution in [0.4, 0.5) is 5.82 Å². The van der Waals surface area contributed by atoms with Gasteiger partial charge in [0.15, 0.2) is 0 Å². The quantitative estimate of drug-likeness (QED) is 0.826. The number of aromatic nitrogens is 2. The summed E-state index contributed by atoms with van der Waals surface area (Å²) < 4.78 is 5.39. The molecule has 0 aliphatic carbocycles. The first-order valence-corrected chi connectivity index (χ1v) is 6.25. The lowest BCUT2D eigenvalue weighted by atomic mass is 9.98. The van der Waals surface area contributed by atoms with Crippen LogP contribution in [0.5, 0.6) is 5.88 Å². The fourth-order valence-electron chi connectivity index (χ4n) is 1.35. The predicted molar refractivity (Wildman–Crippen MR) is 70.4 cm³/mol. The normalized spacial score (nSPS) is 12.6. The maximum absolute atomic E-state index is 5.39. The second kappa shape index (κ2) is 6.42. The van der Waals surface area contributed by atoms with E-state index in [1.165, 1.54) is 0 Å². The van der Waals surface area contributed by atoms with Crippen molar-refractivity contribution in [3.05, 3.63) is 11.9 Å². The summed E-state index contributed by atoms with van der Waals surface area (Å²) in [5, 5.41) is 3.33. The highest BCUT2D eigenvalue weighted by Crippen LogP contribution is 2.15. The molecule has 96 valence electrons. The second-order valence-electron chi connectivity index (χ2n) is 4.67. The second-order valence-corrected chi connectivity index (χ2v) is 4.67. The molecule has 17 heavy (non-hydrogen) atoms. The van der Waals surface area contributed by atoms with Gasteiger partial charge in [-0.3, -0.25) is 0 Å². The van der Waals surface area contributed by atoms with Crippen LogP contribution in [0.3, 0.4) is 0 Å². The lowest BCUT2D eigenvalue weighted by Crippen LogP contribution is -2.17. The van der Waals surface area contributed by atoms with Crippen molar-refractivity contribution >= 4 is 5.82 Å². The number of nitrogens with one attached hydrogen (secondary N) is 1. The molecule has 4 nitrogen and oxygen atoms in total. The average Bonchev–Trinajstić information content (AvgIpc) is 2.25. The van der Waals surface area contributed by atoms with E-state index in [-0.39, 0.29) is 0 Å². The standard InChI is InChI=1S/C13H23N3O/c1-6-17-13-7-12(15-11(5)16-13)14-8-10(4)9(2)3/h7,9-10H,6,8H2,1-5H3,(H,14,15,16). The molecule has 0 spiro atoms. The van der Waals surface area contributed by atoms with Crippen LogP contribution in [0.2, 0.25) is 0 Å². The first-order valence-electron chi connectivity index (χ1n) is 6.25. The fraction of sp³-hybridized carbons (Fsp3) is 0.692. The summed E-state index contributed by atoms with van der Waals surface area (Å²) in [7, 11) is 0. The SMILES string of the molecule is CCOc1cc(NCC(C)C(C)C)nc(C)n1. The minimum Gasteiger partial charge on any atom is -0.478 e. The highest BCUT2D eigenvalue weighted by molar-refractivity contribution is 5.38. The van der Waals surface area contributed by atoms with Crippen molar-refractivity contribution in [1.29, 1.82) is 0 Å². The fourth-order valence-corrected chi connectivity index (χ4v) is 1.35. The first-order chi connectivity index (χ1) is 8.02. The summed E-state index contributed by atoms with van der Waals surface area (Å²) >= 11 is 0. The summed E-state index contributed by atoms with van der Waals surface area (Å²) in [4.78, 5) is 8.56. The van der Waals surface area contributed by atoms with Crippen molar-refractivity contribution in [2.75, 3.05) is 18.5 Å². The monoisotopic (exact) mass is 237 g/mol. The Morgan fingerprint density at radius 2 is 2.00 bits per heavy atom. The molecule has 0 amide bonds. The maximum atomic E-state index is 5.39. The molecule has 0 aromatic carbocycles. The van der Waals surface area contributed by atoms with E-state index in [2.05, 4.69) is 36.1 Å². The minimum atomic E-state index is 0.612. The number of anilines is 1. The Morgan fingerprint density at radius 1 is 1.29 bits per heavy atom. The Labute approximate surface area is 104 Å². The lowest BCUT2D eigenvalue weighted by Gasteiger charge is -2.16. The van der Waals surface area contributed by atoms with Gasteiger partial charge in [-0.05, 0) is 25.7 Å². The molecule has 0 radical (unpaired) electrons. The molecule has 0 bridgehead atoms. The number of rotatable bonds is 6. The lowest BCUT2D eigenvalue weighted by molar-refractivity contribution is 0.325. The van der Waals surface area contributed by atoms with E-state index in [9.17, 15) is 0 Å². The van der Waals surface area contributed by atoms with E-state index >= 15 is 0 Å². The van der Waals surface area contributed by atoms with E-state index in [4.69, 9.17) is 4.74 Å². The van der Waals surface area contributed by atoms with Gasteiger partial charge in [-0.25, -0.2) is 4.98 Å². The Bertz CT molecular complexity index is 353. The Kier molecular flexibility index (Phi) is 5.19. The van der Waals surface area contributed by atoms with Crippen LogP contribution in [0.15, 0.2) is 6.07 Å². The highest BCUT2D eigenvalue weighted by Gasteiger charge is 2.08. The Balaban J connectivity index is 2.64. The van der Waals surface area contributed by atoms with Gasteiger partial charge >= 0.3 is 0 Å². The Morgan fingerprint density at radius 3 is 2.59 bits per heavy atom. The average molecular weight is 237 g/mol. The molecule has 0 aliphatic heterocycles. The van der Waals surface area contributed by atoms with Crippen LogP contribution in [-0.2, 0) is 0 Å². The van der Waals surface area contributed by atoms with Gasteiger partial charge in [0.2, 0.25) is 5.88 Å². The van der Waals surface area contributed by atoms with Gasteiger partial charge in [-0.15, -0.1) is 0 Å². The summed E-state index contributed by atoms with van der Waals surface area (Å²) in [5.41, 5.74) is 0. The van der Waals surface area contributed by atoms with Crippen molar-refractivity contribution in [3.63, 3.8) is 0 Å². The van der Waals surface area contributed by atoms with Crippen molar-refractivity contribution in [2.45, 2.75) is 34.6 Å². The highest BCUT2D eigenvalue weighted by atomic mass is 16.5. The van der Waals surface area contributed by atoms with Gasteiger partial charge in [0.25, 0.3) is 0 Å². The number of hydrogen-bond donors (Lipinski definition) is 1. The minimum absolute atomic E-state index is 0.612. The van der Waals surface area contributed by atoms with Gasteiger partial charge < -0.3 is 10.1 Å². The summed E-state index contributed by atoms with van der Waals surface area (Å²) in [6.45, 7) is 12.0. The van der Waals surface area contributed by atoms with Crippen molar-refractivity contribution in [1.82, 2.24) is 9.97 Å². The van der Waals surface area contributed by atoms with Crippen LogP contribution >= 0.6 is 0 Å². The van der Waals surface area contributed by atoms with Crippen molar-refractivity contribution in [2.24, 2.45) is 11.8 Å². The molecule has 0 fully saturated rings. The third-order valence-corrected chi connectivity index (χ3v) is 2.85. The van der Waals surface area contributed by atoms with Crippen LogP contribution in [0.25, 0.3) is 0 Å². The number of hydrogen-bond acceptors (Lipinski definition) is 4. The van der Waals surface area contributed by atoms with E-state index in [0.717, 1.165) is 18.2 Å². The third-order valence-electron chi connectivity index (χ3n) is 2.85. The molecule has 1 N–H and O–H groups in total. The zero-order valence-corrected chi connectivity index (χ0v) is 11.4. The zero-order valence-electron chi connectivity index (χ0n) is 11.4. The summed E-state index contributed by atoms with van der Waals surface area (Å²) in [6.07, 6.45) is 0. The molecule has 4 heteroatoms. The summed E-state index contributed by atoms with van der Waals surface area (Å²) in [5.74, 6) is 3.49. The molecular weight excluding hydrogens is 214 g/mol. The van der Waals surface area contributed by atoms with Crippen LogP contribution < -0.4 is 10.1 Å². The van der Waals surface area contributed by atoms with Crippen molar-refractivity contribution in [3.8, 4) is 5.88 Å². The maximum Gasteiger partial charge on any atom is 0.218 e. The van der Waals surface area contributed by atoms with Gasteiger partial charge in [0, 0.05) is 12.6 Å². The van der Waals surface area contributed by atoms with Gasteiger partial charge in [-0.2, -0.15) is 4.98 Å². The largest absolute Gasteiger partial charge is 0.478 e. The summed E-state index contributed by atoms with van der Waals surface area (Å²) in [6, 6.07) is 1.85. The van der Waals surface area contributed by atoms with Crippen molar-refractivity contribution < 1.29 is 4.74 Å². The van der Waals surface area contributed by atoms with Crippen LogP contribution in [0, 0.1) is 18.8 Å². The molecular formula is C13H23N3O.